The van der Waals surface area contributed by atoms with Crippen LogP contribution in [0.5, 0.6) is 0 Å². The summed E-state index contributed by atoms with van der Waals surface area (Å²) in [4.78, 5) is 16.8. The Labute approximate surface area is 129 Å². The third-order valence-electron chi connectivity index (χ3n) is 3.16. The second-order valence-corrected chi connectivity index (χ2v) is 5.84. The first-order chi connectivity index (χ1) is 10.1. The lowest BCUT2D eigenvalue weighted by Crippen LogP contribution is -2.26. The van der Waals surface area contributed by atoms with E-state index < -0.39 is 0 Å². The smallest absolute Gasteiger partial charge is 0.251 e. The van der Waals surface area contributed by atoms with Gasteiger partial charge in [-0.15, -0.1) is 0 Å². The van der Waals surface area contributed by atoms with E-state index in [9.17, 15) is 4.79 Å². The molecule has 2 aromatic heterocycles. The summed E-state index contributed by atoms with van der Waals surface area (Å²) in [5, 5.41) is 10.3. The largest absolute Gasteiger partial charge is 0.370 e. The predicted octanol–water partition coefficient (Wildman–Crippen LogP) is 3.76. The summed E-state index contributed by atoms with van der Waals surface area (Å²) in [5.41, 5.74) is 2.61. The highest BCUT2D eigenvalue weighted by atomic mass is 32.1. The first-order valence-corrected chi connectivity index (χ1v) is 8.10. The van der Waals surface area contributed by atoms with Crippen molar-refractivity contribution in [3.05, 3.63) is 45.8 Å². The van der Waals surface area contributed by atoms with Gasteiger partial charge in [0.05, 0.1) is 6.04 Å². The van der Waals surface area contributed by atoms with Crippen molar-refractivity contribution in [1.29, 1.82) is 0 Å². The molecule has 2 heterocycles. The van der Waals surface area contributed by atoms with E-state index in [0.29, 0.717) is 5.56 Å². The Morgan fingerprint density at radius 2 is 2.24 bits per heavy atom. The summed E-state index contributed by atoms with van der Waals surface area (Å²) < 4.78 is 0. The maximum Gasteiger partial charge on any atom is 0.251 e. The van der Waals surface area contributed by atoms with Crippen LogP contribution in [0, 0.1) is 6.92 Å². The Balaban J connectivity index is 2.09. The topological polar surface area (TPSA) is 54.0 Å². The number of pyridine rings is 1. The van der Waals surface area contributed by atoms with Crippen LogP contribution in [-0.4, -0.2) is 17.4 Å². The van der Waals surface area contributed by atoms with Crippen LogP contribution >= 0.6 is 11.3 Å². The van der Waals surface area contributed by atoms with Crippen LogP contribution in [0.2, 0.25) is 0 Å². The number of thiophene rings is 1. The van der Waals surface area contributed by atoms with Gasteiger partial charge >= 0.3 is 0 Å². The molecule has 2 N–H and O–H groups in total. The van der Waals surface area contributed by atoms with E-state index in [1.54, 1.807) is 17.4 Å². The number of hydrogen-bond acceptors (Lipinski definition) is 4. The number of carbonyl (C=O) groups is 1. The Kier molecular flexibility index (Phi) is 5.33. The van der Waals surface area contributed by atoms with E-state index in [-0.39, 0.29) is 11.9 Å². The Hall–Kier alpha value is -1.88. The molecule has 21 heavy (non-hydrogen) atoms. The highest BCUT2D eigenvalue weighted by molar-refractivity contribution is 7.07. The molecule has 1 amide bonds. The van der Waals surface area contributed by atoms with Crippen LogP contribution in [0.4, 0.5) is 5.82 Å². The normalized spacial score (nSPS) is 12.0. The fourth-order valence-electron chi connectivity index (χ4n) is 2.03. The first kappa shape index (κ1) is 15.5. The van der Waals surface area contributed by atoms with Gasteiger partial charge in [-0.1, -0.05) is 6.92 Å². The van der Waals surface area contributed by atoms with Gasteiger partial charge in [0.25, 0.3) is 5.91 Å². The van der Waals surface area contributed by atoms with Gasteiger partial charge in [-0.25, -0.2) is 4.98 Å². The molecule has 0 aromatic carbocycles. The summed E-state index contributed by atoms with van der Waals surface area (Å²) in [6, 6.07) is 5.65. The molecule has 0 saturated heterocycles. The average molecular weight is 303 g/mol. The van der Waals surface area contributed by atoms with Crippen LogP contribution in [0.1, 0.15) is 47.9 Å². The van der Waals surface area contributed by atoms with Crippen molar-refractivity contribution in [1.82, 2.24) is 10.3 Å². The molecule has 112 valence electrons. The van der Waals surface area contributed by atoms with Gasteiger partial charge in [-0.2, -0.15) is 11.3 Å². The SMILES string of the molecule is CCCNc1cc(C(=O)NC(C)c2ccsc2)cc(C)n1. The van der Waals surface area contributed by atoms with Crippen molar-refractivity contribution >= 4 is 23.1 Å². The van der Waals surface area contributed by atoms with Crippen LogP contribution in [0.15, 0.2) is 29.0 Å². The number of nitrogens with zero attached hydrogens (tertiary/aromatic N) is 1. The molecule has 0 aliphatic carbocycles. The molecule has 4 nitrogen and oxygen atoms in total. The minimum atomic E-state index is -0.0706. The van der Waals surface area contributed by atoms with Gasteiger partial charge in [-0.05, 0) is 54.8 Å². The maximum atomic E-state index is 12.4. The van der Waals surface area contributed by atoms with Gasteiger partial charge < -0.3 is 10.6 Å². The lowest BCUT2D eigenvalue weighted by atomic mass is 10.1. The van der Waals surface area contributed by atoms with E-state index in [1.807, 2.05) is 31.4 Å². The number of aromatic nitrogens is 1. The number of nitrogens with one attached hydrogen (secondary N) is 2. The number of anilines is 1. The minimum absolute atomic E-state index is 0.00396. The molecule has 0 saturated carbocycles. The van der Waals surface area contributed by atoms with Gasteiger partial charge in [0.2, 0.25) is 0 Å². The maximum absolute atomic E-state index is 12.4. The zero-order valence-corrected chi connectivity index (χ0v) is 13.5. The van der Waals surface area contributed by atoms with Gasteiger partial charge in [0, 0.05) is 17.8 Å². The molecule has 0 bridgehead atoms. The van der Waals surface area contributed by atoms with Crippen molar-refractivity contribution in [3.63, 3.8) is 0 Å². The monoisotopic (exact) mass is 303 g/mol. The van der Waals surface area contributed by atoms with Gasteiger partial charge in [0.15, 0.2) is 0 Å². The van der Waals surface area contributed by atoms with Crippen LogP contribution in [0.3, 0.4) is 0 Å². The highest BCUT2D eigenvalue weighted by Gasteiger charge is 2.13. The zero-order valence-electron chi connectivity index (χ0n) is 12.6. The standard InChI is InChI=1S/C16H21N3OS/c1-4-6-17-15-9-14(8-11(2)18-15)16(20)19-12(3)13-5-7-21-10-13/h5,7-10,12H,4,6H2,1-3H3,(H,17,18)(H,19,20). The van der Waals surface area contributed by atoms with Crippen LogP contribution < -0.4 is 10.6 Å². The van der Waals surface area contributed by atoms with E-state index in [0.717, 1.165) is 30.0 Å². The number of hydrogen-bond donors (Lipinski definition) is 2. The Morgan fingerprint density at radius 3 is 2.90 bits per heavy atom. The third kappa shape index (κ3) is 4.29. The van der Waals surface area contributed by atoms with Crippen molar-refractivity contribution in [3.8, 4) is 0 Å². The molecule has 2 aromatic rings. The van der Waals surface area contributed by atoms with Gasteiger partial charge in [-0.3, -0.25) is 4.79 Å². The molecular weight excluding hydrogens is 282 g/mol. The Bertz CT molecular complexity index is 596. The molecule has 0 radical (unpaired) electrons. The average Bonchev–Trinajstić information content (AvgIpc) is 2.98. The summed E-state index contributed by atoms with van der Waals surface area (Å²) >= 11 is 1.63. The highest BCUT2D eigenvalue weighted by Crippen LogP contribution is 2.17. The van der Waals surface area contributed by atoms with E-state index in [1.165, 1.54) is 0 Å². The van der Waals surface area contributed by atoms with Crippen molar-refractivity contribution in [2.45, 2.75) is 33.2 Å². The first-order valence-electron chi connectivity index (χ1n) is 7.15. The number of amides is 1. The fourth-order valence-corrected chi connectivity index (χ4v) is 2.78. The molecule has 2 rings (SSSR count). The van der Waals surface area contributed by atoms with Gasteiger partial charge in [0.1, 0.15) is 5.82 Å². The van der Waals surface area contributed by atoms with E-state index in [2.05, 4.69) is 27.9 Å². The number of aryl methyl sites for hydroxylation is 1. The second kappa shape index (κ2) is 7.22. The van der Waals surface area contributed by atoms with Crippen LogP contribution in [-0.2, 0) is 0 Å². The Morgan fingerprint density at radius 1 is 1.43 bits per heavy atom. The predicted molar refractivity (Wildman–Crippen MR) is 88.0 cm³/mol. The van der Waals surface area contributed by atoms with Crippen molar-refractivity contribution in [2.24, 2.45) is 0 Å². The quantitative estimate of drug-likeness (QED) is 0.854. The third-order valence-corrected chi connectivity index (χ3v) is 3.86. The lowest BCUT2D eigenvalue weighted by Gasteiger charge is -2.14. The molecule has 0 spiro atoms. The van der Waals surface area contributed by atoms with E-state index >= 15 is 0 Å². The van der Waals surface area contributed by atoms with E-state index in [4.69, 9.17) is 0 Å². The zero-order chi connectivity index (χ0) is 15.2. The molecule has 1 unspecified atom stereocenters. The second-order valence-electron chi connectivity index (χ2n) is 5.06. The minimum Gasteiger partial charge on any atom is -0.370 e. The van der Waals surface area contributed by atoms with Crippen molar-refractivity contribution in [2.75, 3.05) is 11.9 Å². The fraction of sp³-hybridized carbons (Fsp3) is 0.375. The summed E-state index contributed by atoms with van der Waals surface area (Å²) in [6.07, 6.45) is 1.02. The molecular formula is C16H21N3OS. The molecule has 1 atom stereocenters. The number of rotatable bonds is 6. The molecule has 0 fully saturated rings. The summed E-state index contributed by atoms with van der Waals surface area (Å²) in [7, 11) is 0. The summed E-state index contributed by atoms with van der Waals surface area (Å²) in [5.74, 6) is 0.684. The molecule has 0 aliphatic rings. The number of carbonyl (C=O) groups excluding carboxylic acids is 1. The molecule has 0 aliphatic heterocycles. The van der Waals surface area contributed by atoms with Crippen LogP contribution in [0.25, 0.3) is 0 Å². The lowest BCUT2D eigenvalue weighted by molar-refractivity contribution is 0.0940. The van der Waals surface area contributed by atoms with Crippen molar-refractivity contribution < 1.29 is 4.79 Å². The summed E-state index contributed by atoms with van der Waals surface area (Å²) in [6.45, 7) is 6.84. The molecule has 5 heteroatoms.